The van der Waals surface area contributed by atoms with Crippen molar-refractivity contribution in [2.24, 2.45) is 5.92 Å². The Kier molecular flexibility index (Phi) is 5.10. The normalized spacial score (nSPS) is 12.8. The van der Waals surface area contributed by atoms with Crippen molar-refractivity contribution in [2.45, 2.75) is 19.9 Å². The van der Waals surface area contributed by atoms with Gasteiger partial charge in [-0.2, -0.15) is 0 Å². The standard InChI is InChI=1S/C13H21N3O/c1-10(2)12(9-16(3)4)15-13(17)11-7-5-6-8-14-11/h5-8,10,12H,9H2,1-4H3,(H,15,17)/t12-/m1/s1. The first-order valence-corrected chi connectivity index (χ1v) is 5.87. The van der Waals surface area contributed by atoms with E-state index in [4.69, 9.17) is 0 Å². The van der Waals surface area contributed by atoms with Gasteiger partial charge in [-0.3, -0.25) is 9.78 Å². The van der Waals surface area contributed by atoms with Crippen LogP contribution in [0.15, 0.2) is 24.4 Å². The Bertz CT molecular complexity index is 349. The van der Waals surface area contributed by atoms with E-state index in [9.17, 15) is 4.79 Å². The minimum atomic E-state index is -0.105. The molecule has 17 heavy (non-hydrogen) atoms. The largest absolute Gasteiger partial charge is 0.346 e. The zero-order valence-corrected chi connectivity index (χ0v) is 11.0. The molecule has 0 unspecified atom stereocenters. The van der Waals surface area contributed by atoms with E-state index in [2.05, 4.69) is 29.0 Å². The Labute approximate surface area is 103 Å². The highest BCUT2D eigenvalue weighted by Gasteiger charge is 2.18. The summed E-state index contributed by atoms with van der Waals surface area (Å²) in [6.07, 6.45) is 1.63. The fourth-order valence-electron chi connectivity index (χ4n) is 1.56. The Morgan fingerprint density at radius 2 is 2.12 bits per heavy atom. The second-order valence-corrected chi connectivity index (χ2v) is 4.80. The van der Waals surface area contributed by atoms with Gasteiger partial charge < -0.3 is 10.2 Å². The van der Waals surface area contributed by atoms with Crippen LogP contribution in [0.2, 0.25) is 0 Å². The SMILES string of the molecule is CC(C)[C@@H](CN(C)C)NC(=O)c1ccccn1. The highest BCUT2D eigenvalue weighted by molar-refractivity contribution is 5.92. The molecule has 0 radical (unpaired) electrons. The zero-order chi connectivity index (χ0) is 12.8. The molecule has 94 valence electrons. The lowest BCUT2D eigenvalue weighted by Gasteiger charge is -2.25. The lowest BCUT2D eigenvalue weighted by Crippen LogP contribution is -2.45. The molecule has 1 aromatic rings. The zero-order valence-electron chi connectivity index (χ0n) is 11.0. The molecule has 4 nitrogen and oxygen atoms in total. The van der Waals surface area contributed by atoms with Crippen molar-refractivity contribution < 1.29 is 4.79 Å². The monoisotopic (exact) mass is 235 g/mol. The van der Waals surface area contributed by atoms with E-state index in [1.54, 1.807) is 18.3 Å². The van der Waals surface area contributed by atoms with Crippen LogP contribution in [0.5, 0.6) is 0 Å². The van der Waals surface area contributed by atoms with Gasteiger partial charge in [0, 0.05) is 18.8 Å². The Balaban J connectivity index is 2.65. The lowest BCUT2D eigenvalue weighted by atomic mass is 10.0. The number of pyridine rings is 1. The molecule has 1 N–H and O–H groups in total. The summed E-state index contributed by atoms with van der Waals surface area (Å²) in [4.78, 5) is 18.1. The van der Waals surface area contributed by atoms with Gasteiger partial charge in [-0.25, -0.2) is 0 Å². The van der Waals surface area contributed by atoms with E-state index in [0.29, 0.717) is 11.6 Å². The molecule has 0 fully saturated rings. The Morgan fingerprint density at radius 3 is 2.59 bits per heavy atom. The van der Waals surface area contributed by atoms with Crippen LogP contribution in [0.25, 0.3) is 0 Å². The van der Waals surface area contributed by atoms with Crippen molar-refractivity contribution in [3.05, 3.63) is 30.1 Å². The van der Waals surface area contributed by atoms with Gasteiger partial charge in [0.25, 0.3) is 5.91 Å². The number of amides is 1. The van der Waals surface area contributed by atoms with Gasteiger partial charge in [0.05, 0.1) is 0 Å². The average molecular weight is 235 g/mol. The molecule has 0 aliphatic rings. The summed E-state index contributed by atoms with van der Waals surface area (Å²) in [5.41, 5.74) is 0.469. The summed E-state index contributed by atoms with van der Waals surface area (Å²) in [5, 5.41) is 3.02. The maximum Gasteiger partial charge on any atom is 0.270 e. The van der Waals surface area contributed by atoms with Gasteiger partial charge in [-0.1, -0.05) is 19.9 Å². The number of carbonyl (C=O) groups excluding carboxylic acids is 1. The highest BCUT2D eigenvalue weighted by atomic mass is 16.1. The summed E-state index contributed by atoms with van der Waals surface area (Å²) in [7, 11) is 4.00. The molecule has 1 aromatic heterocycles. The Morgan fingerprint density at radius 1 is 1.41 bits per heavy atom. The van der Waals surface area contributed by atoms with Gasteiger partial charge in [0.2, 0.25) is 0 Å². The summed E-state index contributed by atoms with van der Waals surface area (Å²) in [6, 6.07) is 5.48. The molecular formula is C13H21N3O. The van der Waals surface area contributed by atoms with Gasteiger partial charge >= 0.3 is 0 Å². The molecule has 4 heteroatoms. The Hall–Kier alpha value is -1.42. The molecule has 0 spiro atoms. The van der Waals surface area contributed by atoms with E-state index in [-0.39, 0.29) is 11.9 Å². The lowest BCUT2D eigenvalue weighted by molar-refractivity contribution is 0.0911. The smallest absolute Gasteiger partial charge is 0.270 e. The summed E-state index contributed by atoms with van der Waals surface area (Å²) in [6.45, 7) is 5.04. The van der Waals surface area contributed by atoms with Crippen molar-refractivity contribution in [2.75, 3.05) is 20.6 Å². The third kappa shape index (κ3) is 4.53. The predicted molar refractivity (Wildman–Crippen MR) is 68.9 cm³/mol. The maximum absolute atomic E-state index is 11.9. The maximum atomic E-state index is 11.9. The number of hydrogen-bond donors (Lipinski definition) is 1. The van der Waals surface area contributed by atoms with Crippen LogP contribution < -0.4 is 5.32 Å². The van der Waals surface area contributed by atoms with E-state index < -0.39 is 0 Å². The van der Waals surface area contributed by atoms with Gasteiger partial charge in [0.15, 0.2) is 0 Å². The molecule has 0 aliphatic heterocycles. The third-order valence-corrected chi connectivity index (χ3v) is 2.58. The summed E-state index contributed by atoms with van der Waals surface area (Å²) < 4.78 is 0. The minimum absolute atomic E-state index is 0.105. The van der Waals surface area contributed by atoms with Gasteiger partial charge in [-0.15, -0.1) is 0 Å². The fraction of sp³-hybridized carbons (Fsp3) is 0.538. The quantitative estimate of drug-likeness (QED) is 0.839. The predicted octanol–water partition coefficient (Wildman–Crippen LogP) is 1.40. The van der Waals surface area contributed by atoms with Crippen LogP contribution in [-0.4, -0.2) is 42.5 Å². The molecule has 0 saturated carbocycles. The summed E-state index contributed by atoms with van der Waals surface area (Å²) in [5.74, 6) is 0.288. The van der Waals surface area contributed by atoms with Crippen molar-refractivity contribution in [1.82, 2.24) is 15.2 Å². The van der Waals surface area contributed by atoms with Crippen molar-refractivity contribution in [1.29, 1.82) is 0 Å². The van der Waals surface area contributed by atoms with E-state index in [1.807, 2.05) is 20.2 Å². The fourth-order valence-corrected chi connectivity index (χ4v) is 1.56. The first-order chi connectivity index (χ1) is 8.00. The number of aromatic nitrogens is 1. The molecule has 1 amide bonds. The van der Waals surface area contributed by atoms with Gasteiger partial charge in [0.1, 0.15) is 5.69 Å². The first kappa shape index (κ1) is 13.6. The van der Waals surface area contributed by atoms with Crippen LogP contribution in [-0.2, 0) is 0 Å². The van der Waals surface area contributed by atoms with Crippen LogP contribution in [0.1, 0.15) is 24.3 Å². The average Bonchev–Trinajstić information content (AvgIpc) is 2.28. The number of carbonyl (C=O) groups is 1. The number of likely N-dealkylation sites (N-methyl/N-ethyl adjacent to an activating group) is 1. The van der Waals surface area contributed by atoms with E-state index in [0.717, 1.165) is 6.54 Å². The van der Waals surface area contributed by atoms with Crippen LogP contribution in [0.3, 0.4) is 0 Å². The number of hydrogen-bond acceptors (Lipinski definition) is 3. The molecule has 0 aromatic carbocycles. The molecule has 1 rings (SSSR count). The van der Waals surface area contributed by atoms with Crippen molar-refractivity contribution in [3.63, 3.8) is 0 Å². The number of rotatable bonds is 5. The first-order valence-electron chi connectivity index (χ1n) is 5.87. The summed E-state index contributed by atoms with van der Waals surface area (Å²) >= 11 is 0. The van der Waals surface area contributed by atoms with E-state index in [1.165, 1.54) is 0 Å². The van der Waals surface area contributed by atoms with Gasteiger partial charge in [-0.05, 0) is 32.1 Å². The van der Waals surface area contributed by atoms with E-state index >= 15 is 0 Å². The topological polar surface area (TPSA) is 45.2 Å². The van der Waals surface area contributed by atoms with Crippen LogP contribution in [0, 0.1) is 5.92 Å². The van der Waals surface area contributed by atoms with Crippen LogP contribution >= 0.6 is 0 Å². The molecule has 0 aliphatic carbocycles. The molecule has 1 heterocycles. The molecule has 1 atom stereocenters. The third-order valence-electron chi connectivity index (χ3n) is 2.58. The molecule has 0 saturated heterocycles. The second kappa shape index (κ2) is 6.35. The minimum Gasteiger partial charge on any atom is -0.346 e. The van der Waals surface area contributed by atoms with Crippen molar-refractivity contribution >= 4 is 5.91 Å². The second-order valence-electron chi connectivity index (χ2n) is 4.80. The number of nitrogens with one attached hydrogen (secondary N) is 1. The molecule has 0 bridgehead atoms. The highest BCUT2D eigenvalue weighted by Crippen LogP contribution is 2.04. The van der Waals surface area contributed by atoms with Crippen LogP contribution in [0.4, 0.5) is 0 Å². The van der Waals surface area contributed by atoms with Crippen molar-refractivity contribution in [3.8, 4) is 0 Å². The number of nitrogens with zero attached hydrogens (tertiary/aromatic N) is 2. The molecular weight excluding hydrogens is 214 g/mol.